The van der Waals surface area contributed by atoms with Crippen molar-refractivity contribution >= 4 is 17.6 Å². The van der Waals surface area contributed by atoms with E-state index in [0.29, 0.717) is 5.69 Å². The zero-order valence-corrected chi connectivity index (χ0v) is 17.5. The van der Waals surface area contributed by atoms with Crippen LogP contribution >= 0.6 is 0 Å². The predicted octanol–water partition coefficient (Wildman–Crippen LogP) is 3.69. The predicted molar refractivity (Wildman–Crippen MR) is 115 cm³/mol. The molecule has 1 aromatic heterocycles. The standard InChI is InChI=1S/C22H26N6O2/c1-15(19-6-5-7-20(12-19)26-17(3)29)25-22(30)27(4)16(2)18-8-10-21(11-9-18)28-14-23-13-24-28/h5-16H,1-4H3,(H,25,30)(H,26,29)/t15-,16+/m1/s1. The van der Waals surface area contributed by atoms with Crippen LogP contribution in [0.1, 0.15) is 44.0 Å². The molecule has 1 heterocycles. The van der Waals surface area contributed by atoms with Crippen molar-refractivity contribution in [3.05, 3.63) is 72.3 Å². The first-order valence-corrected chi connectivity index (χ1v) is 9.71. The van der Waals surface area contributed by atoms with E-state index in [1.165, 1.54) is 13.3 Å². The second-order valence-electron chi connectivity index (χ2n) is 7.20. The Morgan fingerprint density at radius 1 is 1.07 bits per heavy atom. The van der Waals surface area contributed by atoms with Crippen LogP contribution in [-0.2, 0) is 4.79 Å². The SMILES string of the molecule is CC(=O)Nc1cccc([C@@H](C)NC(=O)N(C)[C@@H](C)c2ccc(-n3cncn3)cc2)c1. The largest absolute Gasteiger partial charge is 0.331 e. The lowest BCUT2D eigenvalue weighted by atomic mass is 10.1. The number of amides is 3. The summed E-state index contributed by atoms with van der Waals surface area (Å²) in [6.45, 7) is 5.36. The minimum absolute atomic E-state index is 0.118. The molecular formula is C22H26N6O2. The second-order valence-corrected chi connectivity index (χ2v) is 7.20. The summed E-state index contributed by atoms with van der Waals surface area (Å²) in [5, 5.41) is 9.89. The minimum atomic E-state index is -0.212. The number of rotatable bonds is 6. The molecule has 8 nitrogen and oxygen atoms in total. The van der Waals surface area contributed by atoms with E-state index in [2.05, 4.69) is 20.7 Å². The third-order valence-electron chi connectivity index (χ3n) is 5.01. The number of nitrogens with zero attached hydrogens (tertiary/aromatic N) is 4. The summed E-state index contributed by atoms with van der Waals surface area (Å²) in [6, 6.07) is 14.8. The number of hydrogen-bond acceptors (Lipinski definition) is 4. The number of carbonyl (C=O) groups is 2. The summed E-state index contributed by atoms with van der Waals surface area (Å²) >= 11 is 0. The maximum atomic E-state index is 12.8. The molecule has 0 spiro atoms. The van der Waals surface area contributed by atoms with Gasteiger partial charge < -0.3 is 15.5 Å². The zero-order chi connectivity index (χ0) is 21.7. The molecule has 3 amide bonds. The molecule has 0 radical (unpaired) electrons. The van der Waals surface area contributed by atoms with Gasteiger partial charge in [0.15, 0.2) is 0 Å². The van der Waals surface area contributed by atoms with Crippen LogP contribution in [0.3, 0.4) is 0 Å². The number of nitrogens with one attached hydrogen (secondary N) is 2. The van der Waals surface area contributed by atoms with Gasteiger partial charge in [-0.25, -0.2) is 14.5 Å². The van der Waals surface area contributed by atoms with Crippen molar-refractivity contribution in [2.75, 3.05) is 12.4 Å². The first kappa shape index (κ1) is 21.0. The molecule has 0 saturated heterocycles. The smallest absolute Gasteiger partial charge is 0.318 e. The van der Waals surface area contributed by atoms with Gasteiger partial charge in [-0.2, -0.15) is 5.10 Å². The fourth-order valence-corrected chi connectivity index (χ4v) is 3.11. The third-order valence-corrected chi connectivity index (χ3v) is 5.01. The van der Waals surface area contributed by atoms with E-state index in [4.69, 9.17) is 0 Å². The van der Waals surface area contributed by atoms with Crippen LogP contribution in [0, 0.1) is 0 Å². The molecule has 0 aliphatic carbocycles. The Balaban J connectivity index is 1.64. The highest BCUT2D eigenvalue weighted by atomic mass is 16.2. The van der Waals surface area contributed by atoms with Gasteiger partial charge in [-0.15, -0.1) is 0 Å². The summed E-state index contributed by atoms with van der Waals surface area (Å²) in [6.07, 6.45) is 3.13. The van der Waals surface area contributed by atoms with E-state index in [1.807, 2.05) is 62.4 Å². The van der Waals surface area contributed by atoms with Gasteiger partial charge >= 0.3 is 6.03 Å². The van der Waals surface area contributed by atoms with Gasteiger partial charge in [-0.1, -0.05) is 24.3 Å². The highest BCUT2D eigenvalue weighted by molar-refractivity contribution is 5.88. The number of benzene rings is 2. The van der Waals surface area contributed by atoms with E-state index in [-0.39, 0.29) is 24.0 Å². The van der Waals surface area contributed by atoms with Crippen molar-refractivity contribution in [1.82, 2.24) is 25.0 Å². The molecule has 2 aromatic carbocycles. The van der Waals surface area contributed by atoms with E-state index in [1.54, 1.807) is 23.0 Å². The van der Waals surface area contributed by atoms with Gasteiger partial charge in [0.05, 0.1) is 17.8 Å². The Morgan fingerprint density at radius 2 is 1.80 bits per heavy atom. The molecule has 0 fully saturated rings. The fourth-order valence-electron chi connectivity index (χ4n) is 3.11. The molecule has 3 aromatic rings. The Morgan fingerprint density at radius 3 is 2.43 bits per heavy atom. The van der Waals surface area contributed by atoms with Gasteiger partial charge in [-0.3, -0.25) is 4.79 Å². The van der Waals surface area contributed by atoms with Gasteiger partial charge in [0.2, 0.25) is 5.91 Å². The van der Waals surface area contributed by atoms with E-state index >= 15 is 0 Å². The van der Waals surface area contributed by atoms with Crippen molar-refractivity contribution < 1.29 is 9.59 Å². The number of hydrogen-bond donors (Lipinski definition) is 2. The lowest BCUT2D eigenvalue weighted by Crippen LogP contribution is -2.40. The molecule has 30 heavy (non-hydrogen) atoms. The molecule has 0 bridgehead atoms. The molecule has 0 saturated carbocycles. The van der Waals surface area contributed by atoms with Crippen LogP contribution in [0.15, 0.2) is 61.2 Å². The second kappa shape index (κ2) is 9.21. The number of carbonyl (C=O) groups excluding carboxylic acids is 2. The van der Waals surface area contributed by atoms with Crippen molar-refractivity contribution in [1.29, 1.82) is 0 Å². The molecule has 156 valence electrons. The van der Waals surface area contributed by atoms with Crippen LogP contribution in [0.2, 0.25) is 0 Å². The number of urea groups is 1. The van der Waals surface area contributed by atoms with Gasteiger partial charge in [0.25, 0.3) is 0 Å². The lowest BCUT2D eigenvalue weighted by molar-refractivity contribution is -0.114. The summed E-state index contributed by atoms with van der Waals surface area (Å²) in [5.74, 6) is -0.132. The summed E-state index contributed by atoms with van der Waals surface area (Å²) < 4.78 is 1.68. The van der Waals surface area contributed by atoms with Crippen molar-refractivity contribution in [2.24, 2.45) is 0 Å². The molecule has 2 atom stereocenters. The van der Waals surface area contributed by atoms with Crippen molar-refractivity contribution in [3.8, 4) is 5.69 Å². The summed E-state index contributed by atoms with van der Waals surface area (Å²) in [7, 11) is 1.77. The van der Waals surface area contributed by atoms with Crippen LogP contribution in [-0.4, -0.2) is 38.7 Å². The maximum Gasteiger partial charge on any atom is 0.318 e. The summed E-state index contributed by atoms with van der Waals surface area (Å²) in [5.41, 5.74) is 3.53. The van der Waals surface area contributed by atoms with E-state index in [9.17, 15) is 9.59 Å². The Bertz CT molecular complexity index is 1000. The molecule has 8 heteroatoms. The first-order chi connectivity index (χ1) is 14.3. The van der Waals surface area contributed by atoms with E-state index in [0.717, 1.165) is 16.8 Å². The molecule has 3 rings (SSSR count). The van der Waals surface area contributed by atoms with Gasteiger partial charge in [-0.05, 0) is 49.2 Å². The molecule has 0 unspecified atom stereocenters. The Labute approximate surface area is 175 Å². The fraction of sp³-hybridized carbons (Fsp3) is 0.273. The van der Waals surface area contributed by atoms with Crippen LogP contribution in [0.5, 0.6) is 0 Å². The molecule has 2 N–H and O–H groups in total. The first-order valence-electron chi connectivity index (χ1n) is 9.71. The van der Waals surface area contributed by atoms with Crippen molar-refractivity contribution in [3.63, 3.8) is 0 Å². The maximum absolute atomic E-state index is 12.8. The lowest BCUT2D eigenvalue weighted by Gasteiger charge is -2.27. The van der Waals surface area contributed by atoms with Crippen LogP contribution in [0.25, 0.3) is 5.69 Å². The van der Waals surface area contributed by atoms with E-state index < -0.39 is 0 Å². The highest BCUT2D eigenvalue weighted by Gasteiger charge is 2.19. The Kier molecular flexibility index (Phi) is 6.46. The number of anilines is 1. The monoisotopic (exact) mass is 406 g/mol. The van der Waals surface area contributed by atoms with Gasteiger partial charge in [0, 0.05) is 19.7 Å². The average molecular weight is 406 g/mol. The van der Waals surface area contributed by atoms with Crippen LogP contribution in [0.4, 0.5) is 10.5 Å². The molecule has 0 aliphatic rings. The third kappa shape index (κ3) is 5.02. The van der Waals surface area contributed by atoms with Gasteiger partial charge in [0.1, 0.15) is 12.7 Å². The minimum Gasteiger partial charge on any atom is -0.331 e. The molecular weight excluding hydrogens is 380 g/mol. The topological polar surface area (TPSA) is 92.2 Å². The number of aromatic nitrogens is 3. The highest BCUT2D eigenvalue weighted by Crippen LogP contribution is 2.22. The van der Waals surface area contributed by atoms with Crippen molar-refractivity contribution in [2.45, 2.75) is 32.9 Å². The normalized spacial score (nSPS) is 12.7. The molecule has 0 aliphatic heterocycles. The average Bonchev–Trinajstić information content (AvgIpc) is 3.27. The zero-order valence-electron chi connectivity index (χ0n) is 17.5. The van der Waals surface area contributed by atoms with Crippen LogP contribution < -0.4 is 10.6 Å². The Hall–Kier alpha value is -3.68. The summed E-state index contributed by atoms with van der Waals surface area (Å²) in [4.78, 5) is 29.7. The quantitative estimate of drug-likeness (QED) is 0.653.